The first kappa shape index (κ1) is 14.0. The first-order valence-corrected chi connectivity index (χ1v) is 6.26. The largest absolute Gasteiger partial charge is 0.465 e. The van der Waals surface area contributed by atoms with Crippen molar-refractivity contribution in [1.29, 1.82) is 0 Å². The van der Waals surface area contributed by atoms with Gasteiger partial charge in [-0.25, -0.2) is 9.78 Å². The third kappa shape index (κ3) is 2.63. The Kier molecular flexibility index (Phi) is 3.73. The molecular formula is C12H16N4O4. The summed E-state index contributed by atoms with van der Waals surface area (Å²) in [6.07, 6.45) is 0.289. The van der Waals surface area contributed by atoms with Gasteiger partial charge in [-0.15, -0.1) is 0 Å². The van der Waals surface area contributed by atoms with Gasteiger partial charge in [-0.3, -0.25) is 10.1 Å². The number of hydrogen-bond donors (Lipinski definition) is 1. The second-order valence-electron chi connectivity index (χ2n) is 4.92. The fourth-order valence-corrected chi connectivity index (χ4v) is 2.37. The smallest absolute Gasteiger partial charge is 0.407 e. The Morgan fingerprint density at radius 2 is 2.10 bits per heavy atom. The maximum absolute atomic E-state index is 11.1. The summed E-state index contributed by atoms with van der Waals surface area (Å²) in [5.74, 6) is 0.625. The summed E-state index contributed by atoms with van der Waals surface area (Å²) < 4.78 is 0. The fraction of sp³-hybridized carbons (Fsp3) is 0.500. The highest BCUT2D eigenvalue weighted by Gasteiger charge is 2.32. The highest BCUT2D eigenvalue weighted by atomic mass is 16.6. The van der Waals surface area contributed by atoms with Crippen LogP contribution in [0.2, 0.25) is 0 Å². The summed E-state index contributed by atoms with van der Waals surface area (Å²) in [4.78, 5) is 28.7. The van der Waals surface area contributed by atoms with Crippen molar-refractivity contribution in [3.63, 3.8) is 0 Å². The predicted molar refractivity (Wildman–Crippen MR) is 71.9 cm³/mol. The Morgan fingerprint density at radius 3 is 2.60 bits per heavy atom. The highest BCUT2D eigenvalue weighted by Crippen LogP contribution is 2.23. The molecule has 0 aliphatic carbocycles. The number of amides is 1. The van der Waals surface area contributed by atoms with Crippen LogP contribution in [0.15, 0.2) is 18.3 Å². The molecule has 1 fully saturated rings. The maximum atomic E-state index is 11.1. The zero-order chi connectivity index (χ0) is 14.9. The lowest BCUT2D eigenvalue weighted by Crippen LogP contribution is -2.58. The highest BCUT2D eigenvalue weighted by molar-refractivity contribution is 5.66. The molecule has 1 aromatic heterocycles. The zero-order valence-electron chi connectivity index (χ0n) is 11.3. The molecule has 0 unspecified atom stereocenters. The number of aromatic nitrogens is 1. The third-order valence-corrected chi connectivity index (χ3v) is 3.47. The van der Waals surface area contributed by atoms with Crippen molar-refractivity contribution in [2.45, 2.75) is 25.9 Å². The average molecular weight is 280 g/mol. The first-order valence-electron chi connectivity index (χ1n) is 6.26. The molecule has 8 nitrogen and oxygen atoms in total. The molecule has 2 rings (SSSR count). The van der Waals surface area contributed by atoms with Gasteiger partial charge in [0.05, 0.1) is 4.92 Å². The van der Waals surface area contributed by atoms with Crippen molar-refractivity contribution < 1.29 is 14.8 Å². The Bertz CT molecular complexity index is 519. The molecule has 1 aliphatic heterocycles. The lowest BCUT2D eigenvalue weighted by Gasteiger charge is -2.43. The van der Waals surface area contributed by atoms with Gasteiger partial charge in [0, 0.05) is 31.2 Å². The van der Waals surface area contributed by atoms with Gasteiger partial charge in [-0.1, -0.05) is 0 Å². The molecule has 2 atom stereocenters. The van der Waals surface area contributed by atoms with E-state index in [0.717, 1.165) is 0 Å². The molecule has 0 aromatic carbocycles. The van der Waals surface area contributed by atoms with E-state index < -0.39 is 11.0 Å². The van der Waals surface area contributed by atoms with E-state index in [9.17, 15) is 14.9 Å². The van der Waals surface area contributed by atoms with Crippen LogP contribution in [0.25, 0.3) is 0 Å². The van der Waals surface area contributed by atoms with Crippen LogP contribution in [0.1, 0.15) is 13.8 Å². The van der Waals surface area contributed by atoms with Crippen LogP contribution in [0.3, 0.4) is 0 Å². The van der Waals surface area contributed by atoms with Crippen molar-refractivity contribution in [2.75, 3.05) is 18.0 Å². The van der Waals surface area contributed by atoms with Crippen LogP contribution in [0.4, 0.5) is 16.3 Å². The van der Waals surface area contributed by atoms with Gasteiger partial charge in [-0.05, 0) is 19.9 Å². The van der Waals surface area contributed by atoms with Gasteiger partial charge in [0.1, 0.15) is 12.0 Å². The monoisotopic (exact) mass is 280 g/mol. The van der Waals surface area contributed by atoms with Gasteiger partial charge < -0.3 is 14.9 Å². The van der Waals surface area contributed by atoms with Crippen LogP contribution < -0.4 is 4.90 Å². The van der Waals surface area contributed by atoms with Gasteiger partial charge in [-0.2, -0.15) is 0 Å². The lowest BCUT2D eigenvalue weighted by molar-refractivity contribution is -0.385. The Morgan fingerprint density at radius 1 is 1.40 bits per heavy atom. The van der Waals surface area contributed by atoms with E-state index >= 15 is 0 Å². The average Bonchev–Trinajstić information content (AvgIpc) is 2.40. The molecule has 0 spiro atoms. The first-order chi connectivity index (χ1) is 9.40. The van der Waals surface area contributed by atoms with Crippen molar-refractivity contribution in [3.05, 3.63) is 28.4 Å². The molecule has 0 saturated carbocycles. The molecule has 1 aliphatic rings. The summed E-state index contributed by atoms with van der Waals surface area (Å²) in [6, 6.07) is 2.82. The van der Waals surface area contributed by atoms with E-state index in [0.29, 0.717) is 18.9 Å². The summed E-state index contributed by atoms with van der Waals surface area (Å²) in [5.41, 5.74) is -0.0568. The summed E-state index contributed by atoms with van der Waals surface area (Å²) in [5, 5.41) is 19.7. The fourth-order valence-electron chi connectivity index (χ4n) is 2.37. The molecule has 108 valence electrons. The number of hydrogen-bond acceptors (Lipinski definition) is 5. The standard InChI is InChI=1S/C12H16N4O4/c1-8-7-15(12(17)18)9(2)6-14(8)11-4-3-10(5-13-11)16(19)20/h3-5,8-9H,6-7H2,1-2H3,(H,17,18)/t8-,9-/m1/s1. The summed E-state index contributed by atoms with van der Waals surface area (Å²) in [7, 11) is 0. The Balaban J connectivity index is 2.17. The van der Waals surface area contributed by atoms with E-state index in [2.05, 4.69) is 4.98 Å². The SMILES string of the molecule is C[C@@H]1CN(c2ccc([N+](=O)[O-])cn2)[C@H](C)CN1C(=O)O. The van der Waals surface area contributed by atoms with E-state index in [4.69, 9.17) is 5.11 Å². The molecule has 1 aromatic rings. The Hall–Kier alpha value is -2.38. The van der Waals surface area contributed by atoms with Gasteiger partial charge in [0.25, 0.3) is 5.69 Å². The molecule has 0 bridgehead atoms. The van der Waals surface area contributed by atoms with Crippen LogP contribution >= 0.6 is 0 Å². The van der Waals surface area contributed by atoms with Gasteiger partial charge >= 0.3 is 6.09 Å². The Labute approximate surface area is 115 Å². The lowest BCUT2D eigenvalue weighted by atomic mass is 10.1. The number of anilines is 1. The van der Waals surface area contributed by atoms with Crippen molar-refractivity contribution in [2.24, 2.45) is 0 Å². The van der Waals surface area contributed by atoms with E-state index in [1.165, 1.54) is 17.2 Å². The van der Waals surface area contributed by atoms with Crippen LogP contribution in [-0.4, -0.2) is 51.2 Å². The normalized spacial score (nSPS) is 22.7. The number of carboxylic acid groups (broad SMARTS) is 1. The molecule has 1 amide bonds. The number of nitro groups is 1. The maximum Gasteiger partial charge on any atom is 0.407 e. The number of nitrogens with zero attached hydrogens (tertiary/aromatic N) is 4. The van der Waals surface area contributed by atoms with Crippen LogP contribution in [0.5, 0.6) is 0 Å². The second kappa shape index (κ2) is 5.32. The second-order valence-corrected chi connectivity index (χ2v) is 4.92. The molecule has 1 saturated heterocycles. The molecule has 8 heteroatoms. The minimum atomic E-state index is -0.930. The van der Waals surface area contributed by atoms with E-state index in [1.807, 2.05) is 18.7 Å². The minimum Gasteiger partial charge on any atom is -0.465 e. The molecule has 20 heavy (non-hydrogen) atoms. The van der Waals surface area contributed by atoms with Crippen LogP contribution in [-0.2, 0) is 0 Å². The van der Waals surface area contributed by atoms with E-state index in [-0.39, 0.29) is 17.8 Å². The third-order valence-electron chi connectivity index (χ3n) is 3.47. The van der Waals surface area contributed by atoms with E-state index in [1.54, 1.807) is 6.07 Å². The zero-order valence-corrected chi connectivity index (χ0v) is 11.3. The predicted octanol–water partition coefficient (Wildman–Crippen LogP) is 1.57. The van der Waals surface area contributed by atoms with Crippen LogP contribution in [0, 0.1) is 10.1 Å². The summed E-state index contributed by atoms with van der Waals surface area (Å²) >= 11 is 0. The number of rotatable bonds is 2. The number of pyridine rings is 1. The van der Waals surface area contributed by atoms with Gasteiger partial charge in [0.15, 0.2) is 0 Å². The minimum absolute atomic E-state index is 0.0312. The number of piperazine rings is 1. The summed E-state index contributed by atoms with van der Waals surface area (Å²) in [6.45, 7) is 4.64. The molecular weight excluding hydrogens is 264 g/mol. The van der Waals surface area contributed by atoms with Crippen molar-refractivity contribution in [1.82, 2.24) is 9.88 Å². The molecule has 2 heterocycles. The topological polar surface area (TPSA) is 99.8 Å². The number of carbonyl (C=O) groups is 1. The van der Waals surface area contributed by atoms with Gasteiger partial charge in [0.2, 0.25) is 0 Å². The quantitative estimate of drug-likeness (QED) is 0.652. The molecule has 1 N–H and O–H groups in total. The van der Waals surface area contributed by atoms with Crippen molar-refractivity contribution in [3.8, 4) is 0 Å². The molecule has 0 radical (unpaired) electrons. The van der Waals surface area contributed by atoms with Crippen molar-refractivity contribution >= 4 is 17.6 Å².